The molecule has 0 radical (unpaired) electrons. The predicted octanol–water partition coefficient (Wildman–Crippen LogP) is 3.79. The van der Waals surface area contributed by atoms with Crippen LogP contribution in [0.25, 0.3) is 0 Å². The Morgan fingerprint density at radius 1 is 0.848 bits per heavy atom. The Labute approximate surface area is 199 Å². The van der Waals surface area contributed by atoms with Gasteiger partial charge in [-0.25, -0.2) is 8.42 Å². The van der Waals surface area contributed by atoms with E-state index in [2.05, 4.69) is 16.7 Å². The molecule has 0 aromatic carbocycles. The smallest absolute Gasteiger partial charge is 0.226 e. The molecule has 7 heteroatoms. The highest BCUT2D eigenvalue weighted by molar-refractivity contribution is 7.92. The molecule has 3 unspecified atom stereocenters. The van der Waals surface area contributed by atoms with Crippen molar-refractivity contribution in [2.45, 2.75) is 114 Å². The zero-order valence-corrected chi connectivity index (χ0v) is 21.3. The third kappa shape index (κ3) is 4.72. The molecule has 4 atom stereocenters. The number of piperazine rings is 1. The van der Waals surface area contributed by atoms with Crippen molar-refractivity contribution in [3.63, 3.8) is 0 Å². The molecule has 1 saturated heterocycles. The lowest BCUT2D eigenvalue weighted by atomic mass is 9.69. The van der Waals surface area contributed by atoms with Crippen molar-refractivity contribution in [1.82, 2.24) is 9.80 Å². The van der Waals surface area contributed by atoms with Gasteiger partial charge in [-0.15, -0.1) is 0 Å². The molecule has 0 bridgehead atoms. The zero-order valence-electron chi connectivity index (χ0n) is 20.5. The fraction of sp³-hybridized carbons (Fsp3) is 0.923. The number of fused-ring (bicyclic) bond motifs is 1. The highest BCUT2D eigenvalue weighted by atomic mass is 32.2. The molecule has 4 aliphatic carbocycles. The minimum Gasteiger partial charge on any atom is -0.335 e. The second-order valence-electron chi connectivity index (χ2n) is 11.9. The average Bonchev–Trinajstić information content (AvgIpc) is 3.54. The fourth-order valence-corrected chi connectivity index (χ4v) is 9.69. The van der Waals surface area contributed by atoms with Gasteiger partial charge in [0.25, 0.3) is 0 Å². The molecule has 2 amide bonds. The van der Waals surface area contributed by atoms with Crippen LogP contribution < -0.4 is 0 Å². The van der Waals surface area contributed by atoms with Gasteiger partial charge in [-0.3, -0.25) is 9.59 Å². The minimum atomic E-state index is -2.94. The first-order chi connectivity index (χ1) is 15.7. The van der Waals surface area contributed by atoms with Gasteiger partial charge in [0.05, 0.1) is 23.1 Å². The van der Waals surface area contributed by atoms with Gasteiger partial charge < -0.3 is 9.80 Å². The third-order valence-electron chi connectivity index (χ3n) is 9.67. The molecule has 5 rings (SSSR count). The minimum absolute atomic E-state index is 0.0800. The van der Waals surface area contributed by atoms with E-state index < -0.39 is 9.84 Å². The van der Waals surface area contributed by atoms with E-state index in [9.17, 15) is 18.0 Å². The van der Waals surface area contributed by atoms with Crippen LogP contribution in [-0.2, 0) is 19.4 Å². The van der Waals surface area contributed by atoms with Gasteiger partial charge >= 0.3 is 0 Å². The van der Waals surface area contributed by atoms with Crippen LogP contribution in [0, 0.1) is 23.7 Å². The summed E-state index contributed by atoms with van der Waals surface area (Å²) in [5, 5.41) is -0.133. The molecule has 0 aromatic heterocycles. The predicted molar refractivity (Wildman–Crippen MR) is 128 cm³/mol. The van der Waals surface area contributed by atoms with Gasteiger partial charge in [0, 0.05) is 25.4 Å². The Bertz CT molecular complexity index is 858. The summed E-state index contributed by atoms with van der Waals surface area (Å²) in [6.45, 7) is 4.43. The van der Waals surface area contributed by atoms with E-state index in [-0.39, 0.29) is 35.2 Å². The van der Waals surface area contributed by atoms with E-state index in [1.807, 2.05) is 0 Å². The van der Waals surface area contributed by atoms with Crippen molar-refractivity contribution >= 4 is 21.7 Å². The number of carbonyl (C=O) groups is 2. The summed E-state index contributed by atoms with van der Waals surface area (Å²) in [5.74, 6) is 2.58. The maximum atomic E-state index is 13.3. The number of carbonyl (C=O) groups excluding carboxylic acids is 2. The van der Waals surface area contributed by atoms with Gasteiger partial charge in [-0.1, -0.05) is 6.42 Å². The Kier molecular flexibility index (Phi) is 6.56. The average molecular weight is 479 g/mol. The van der Waals surface area contributed by atoms with E-state index in [0.29, 0.717) is 36.0 Å². The van der Waals surface area contributed by atoms with E-state index >= 15 is 0 Å². The van der Waals surface area contributed by atoms with Crippen molar-refractivity contribution in [1.29, 1.82) is 0 Å². The number of sulfone groups is 1. The van der Waals surface area contributed by atoms with E-state index in [1.165, 1.54) is 0 Å². The molecule has 33 heavy (non-hydrogen) atoms. The monoisotopic (exact) mass is 478 g/mol. The van der Waals surface area contributed by atoms with Crippen LogP contribution in [0.3, 0.4) is 0 Å². The molecule has 4 saturated carbocycles. The van der Waals surface area contributed by atoms with Crippen LogP contribution in [-0.4, -0.2) is 65.7 Å². The Hall–Kier alpha value is -1.11. The second-order valence-corrected chi connectivity index (χ2v) is 14.2. The Morgan fingerprint density at radius 2 is 1.52 bits per heavy atom. The molecule has 1 aliphatic heterocycles. The summed E-state index contributed by atoms with van der Waals surface area (Å²) in [5.41, 5.74) is 0. The molecule has 6 nitrogen and oxygen atoms in total. The topological polar surface area (TPSA) is 74.8 Å². The van der Waals surface area contributed by atoms with Crippen molar-refractivity contribution in [2.24, 2.45) is 23.7 Å². The maximum absolute atomic E-state index is 13.3. The SMILES string of the molecule is CC(=O)N1C2CCC(C3CCC(S(=O)(=O)CC4CC4)CC3)CC2N(C(=O)C2CCC2)C[C@@H]1C. The van der Waals surface area contributed by atoms with Gasteiger partial charge in [-0.2, -0.15) is 0 Å². The highest BCUT2D eigenvalue weighted by Gasteiger charge is 2.49. The molecule has 5 fully saturated rings. The van der Waals surface area contributed by atoms with Gasteiger partial charge in [0.2, 0.25) is 11.8 Å². The summed E-state index contributed by atoms with van der Waals surface area (Å²) >= 11 is 0. The highest BCUT2D eigenvalue weighted by Crippen LogP contribution is 2.45. The first-order valence-corrected chi connectivity index (χ1v) is 15.3. The van der Waals surface area contributed by atoms with Crippen LogP contribution in [0.1, 0.15) is 90.9 Å². The lowest BCUT2D eigenvalue weighted by Gasteiger charge is -2.55. The van der Waals surface area contributed by atoms with E-state index in [0.717, 1.165) is 77.0 Å². The number of amides is 2. The molecule has 0 spiro atoms. The van der Waals surface area contributed by atoms with Crippen LogP contribution in [0.15, 0.2) is 0 Å². The standard InChI is InChI=1S/C26H42N2O4S/c1-17-15-27(26(30)21-4-3-5-21)25-14-22(10-13-24(25)28(17)18(2)29)20-8-11-23(12-9-20)33(31,32)16-19-6-7-19/h17,19-25H,3-16H2,1-2H3/t17-,20?,22?,23?,24?,25?/m0/s1. The number of nitrogens with zero attached hydrogens (tertiary/aromatic N) is 2. The lowest BCUT2D eigenvalue weighted by Crippen LogP contribution is -2.67. The fourth-order valence-electron chi connectivity index (χ4n) is 7.44. The zero-order chi connectivity index (χ0) is 23.3. The lowest BCUT2D eigenvalue weighted by molar-refractivity contribution is -0.159. The first kappa shape index (κ1) is 23.6. The van der Waals surface area contributed by atoms with Gasteiger partial charge in [0.15, 0.2) is 9.84 Å². The van der Waals surface area contributed by atoms with Crippen LogP contribution >= 0.6 is 0 Å². The summed E-state index contributed by atoms with van der Waals surface area (Å²) in [6.07, 6.45) is 12.0. The van der Waals surface area contributed by atoms with Crippen molar-refractivity contribution in [2.75, 3.05) is 12.3 Å². The summed E-state index contributed by atoms with van der Waals surface area (Å²) < 4.78 is 25.5. The Balaban J connectivity index is 1.26. The summed E-state index contributed by atoms with van der Waals surface area (Å²) in [7, 11) is -2.94. The normalized spacial score (nSPS) is 37.9. The van der Waals surface area contributed by atoms with Crippen LogP contribution in [0.2, 0.25) is 0 Å². The van der Waals surface area contributed by atoms with Crippen LogP contribution in [0.5, 0.6) is 0 Å². The van der Waals surface area contributed by atoms with Gasteiger partial charge in [-0.05, 0) is 95.3 Å². The largest absolute Gasteiger partial charge is 0.335 e. The summed E-state index contributed by atoms with van der Waals surface area (Å²) in [6, 6.07) is 0.353. The maximum Gasteiger partial charge on any atom is 0.226 e. The van der Waals surface area contributed by atoms with E-state index in [1.54, 1.807) is 6.92 Å². The molecule has 186 valence electrons. The van der Waals surface area contributed by atoms with Crippen molar-refractivity contribution in [3.05, 3.63) is 0 Å². The molecule has 5 aliphatic rings. The number of hydrogen-bond acceptors (Lipinski definition) is 4. The molecule has 1 heterocycles. The van der Waals surface area contributed by atoms with E-state index in [4.69, 9.17) is 0 Å². The molecular weight excluding hydrogens is 436 g/mol. The molecule has 0 N–H and O–H groups in total. The third-order valence-corrected chi connectivity index (χ3v) is 12.1. The Morgan fingerprint density at radius 3 is 2.09 bits per heavy atom. The van der Waals surface area contributed by atoms with Crippen molar-refractivity contribution < 1.29 is 18.0 Å². The van der Waals surface area contributed by atoms with Crippen molar-refractivity contribution in [3.8, 4) is 0 Å². The second kappa shape index (κ2) is 9.16. The first-order valence-electron chi connectivity index (χ1n) is 13.6. The summed E-state index contributed by atoms with van der Waals surface area (Å²) in [4.78, 5) is 30.1. The quantitative estimate of drug-likeness (QED) is 0.603. The molecule has 0 aromatic rings. The number of rotatable bonds is 5. The van der Waals surface area contributed by atoms with Gasteiger partial charge in [0.1, 0.15) is 0 Å². The molecular formula is C26H42N2O4S. The van der Waals surface area contributed by atoms with Crippen LogP contribution in [0.4, 0.5) is 0 Å². The number of hydrogen-bond donors (Lipinski definition) is 0.